The van der Waals surface area contributed by atoms with Gasteiger partial charge in [0.2, 0.25) is 5.91 Å². The smallest absolute Gasteiger partial charge is 0.349 e. The van der Waals surface area contributed by atoms with Gasteiger partial charge in [-0.25, -0.2) is 9.78 Å². The molecule has 36 heavy (non-hydrogen) atoms. The zero-order valence-corrected chi connectivity index (χ0v) is 21.6. The number of hydrogen-bond acceptors (Lipinski definition) is 6. The highest BCUT2D eigenvalue weighted by atomic mass is 32.1. The van der Waals surface area contributed by atoms with Gasteiger partial charge in [0, 0.05) is 5.69 Å². The molecular formula is C28H29N3O4S. The molecule has 0 radical (unpaired) electrons. The summed E-state index contributed by atoms with van der Waals surface area (Å²) in [4.78, 5) is 44.5. The molecule has 0 aliphatic carbocycles. The van der Waals surface area contributed by atoms with Crippen LogP contribution in [0.5, 0.6) is 0 Å². The Morgan fingerprint density at radius 1 is 1.06 bits per heavy atom. The van der Waals surface area contributed by atoms with E-state index in [0.717, 1.165) is 46.6 Å². The van der Waals surface area contributed by atoms with Crippen molar-refractivity contribution >= 4 is 39.1 Å². The Kier molecular flexibility index (Phi) is 7.64. The predicted octanol–water partition coefficient (Wildman–Crippen LogP) is 5.45. The van der Waals surface area contributed by atoms with E-state index in [9.17, 15) is 14.4 Å². The molecule has 1 atom stereocenters. The second-order valence-corrected chi connectivity index (χ2v) is 9.58. The van der Waals surface area contributed by atoms with Gasteiger partial charge in [0.1, 0.15) is 22.4 Å². The monoisotopic (exact) mass is 503 g/mol. The molecule has 2 aromatic carbocycles. The van der Waals surface area contributed by atoms with Crippen LogP contribution in [0.2, 0.25) is 0 Å². The molecule has 186 valence electrons. The van der Waals surface area contributed by atoms with Gasteiger partial charge in [0.05, 0.1) is 11.7 Å². The number of nitrogens with one attached hydrogen (secondary N) is 1. The zero-order chi connectivity index (χ0) is 25.8. The zero-order valence-electron chi connectivity index (χ0n) is 20.8. The van der Waals surface area contributed by atoms with Crippen molar-refractivity contribution in [1.82, 2.24) is 9.55 Å². The number of fused-ring (bicyclic) bond motifs is 1. The van der Waals surface area contributed by atoms with Gasteiger partial charge in [-0.1, -0.05) is 62.4 Å². The molecule has 0 bridgehead atoms. The topological polar surface area (TPSA) is 90.3 Å². The number of rotatable bonds is 8. The number of carbonyl (C=O) groups is 2. The number of aryl methyl sites for hydroxylation is 3. The van der Waals surface area contributed by atoms with Crippen molar-refractivity contribution in [1.29, 1.82) is 0 Å². The van der Waals surface area contributed by atoms with Gasteiger partial charge >= 0.3 is 5.97 Å². The molecule has 0 fully saturated rings. The summed E-state index contributed by atoms with van der Waals surface area (Å²) in [7, 11) is 0. The molecule has 0 saturated heterocycles. The summed E-state index contributed by atoms with van der Waals surface area (Å²) in [6.07, 6.45) is 2.93. The van der Waals surface area contributed by atoms with Gasteiger partial charge in [-0.15, -0.1) is 11.3 Å². The number of hydrogen-bond donors (Lipinski definition) is 1. The lowest BCUT2D eigenvalue weighted by Gasteiger charge is -2.18. The Balaban J connectivity index is 1.60. The van der Waals surface area contributed by atoms with Gasteiger partial charge in [0.25, 0.3) is 5.56 Å². The number of benzene rings is 2. The fourth-order valence-corrected chi connectivity index (χ4v) is 5.19. The minimum atomic E-state index is -0.795. The number of aromatic nitrogens is 2. The van der Waals surface area contributed by atoms with E-state index in [1.54, 1.807) is 13.8 Å². The molecule has 2 heterocycles. The Labute approximate surface area is 213 Å². The van der Waals surface area contributed by atoms with Gasteiger partial charge in [-0.2, -0.15) is 0 Å². The van der Waals surface area contributed by atoms with Gasteiger partial charge in [-0.05, 0) is 48.9 Å². The van der Waals surface area contributed by atoms with Crippen LogP contribution in [0.25, 0.3) is 10.2 Å². The highest BCUT2D eigenvalue weighted by Gasteiger charge is 2.24. The Morgan fingerprint density at radius 3 is 2.36 bits per heavy atom. The molecule has 4 aromatic rings. The van der Waals surface area contributed by atoms with Crippen molar-refractivity contribution in [3.8, 4) is 0 Å². The molecule has 2 aromatic heterocycles. The fraction of sp³-hybridized carbons (Fsp3) is 0.286. The number of nitrogens with zero attached hydrogens (tertiary/aromatic N) is 2. The maximum Gasteiger partial charge on any atom is 0.349 e. The third-order valence-corrected chi connectivity index (χ3v) is 7.50. The molecule has 7 nitrogen and oxygen atoms in total. The maximum atomic E-state index is 13.4. The molecule has 0 aliphatic heterocycles. The van der Waals surface area contributed by atoms with Crippen LogP contribution in [0.15, 0.2) is 59.7 Å². The number of para-hydroxylation sites is 1. The lowest BCUT2D eigenvalue weighted by atomic mass is 10.0. The minimum absolute atomic E-state index is 0.140. The van der Waals surface area contributed by atoms with E-state index in [1.165, 1.54) is 10.9 Å². The van der Waals surface area contributed by atoms with Crippen molar-refractivity contribution in [2.24, 2.45) is 0 Å². The summed E-state index contributed by atoms with van der Waals surface area (Å²) >= 11 is 1.12. The molecule has 4 rings (SSSR count). The van der Waals surface area contributed by atoms with Gasteiger partial charge < -0.3 is 10.1 Å². The van der Waals surface area contributed by atoms with Crippen LogP contribution < -0.4 is 10.9 Å². The Hall–Kier alpha value is -3.78. The molecular weight excluding hydrogens is 474 g/mol. The first-order valence-corrected chi connectivity index (χ1v) is 12.8. The normalized spacial score (nSPS) is 11.9. The summed E-state index contributed by atoms with van der Waals surface area (Å²) in [5, 5.41) is 3.36. The number of thiophene rings is 1. The van der Waals surface area contributed by atoms with Crippen molar-refractivity contribution in [3.05, 3.63) is 92.3 Å². The SMILES string of the molecule is CCc1cccc(CC)c1NC(=O)C(C)n1cnc2sc(C(=O)OCc3ccccc3)c(C)c2c1=O. The molecule has 1 unspecified atom stereocenters. The van der Waals surface area contributed by atoms with E-state index >= 15 is 0 Å². The molecule has 8 heteroatoms. The lowest BCUT2D eigenvalue weighted by molar-refractivity contribution is -0.118. The van der Waals surface area contributed by atoms with Crippen LogP contribution in [0, 0.1) is 6.92 Å². The van der Waals surface area contributed by atoms with Crippen LogP contribution in [0.3, 0.4) is 0 Å². The molecule has 1 amide bonds. The summed E-state index contributed by atoms with van der Waals surface area (Å²) < 4.78 is 6.78. The van der Waals surface area contributed by atoms with Crippen LogP contribution in [0.4, 0.5) is 5.69 Å². The first-order valence-electron chi connectivity index (χ1n) is 12.0. The first kappa shape index (κ1) is 25.3. The van der Waals surface area contributed by atoms with Crippen molar-refractivity contribution < 1.29 is 14.3 Å². The second-order valence-electron chi connectivity index (χ2n) is 8.58. The van der Waals surface area contributed by atoms with Gasteiger partial charge in [0.15, 0.2) is 0 Å². The summed E-state index contributed by atoms with van der Waals surface area (Å²) in [6, 6.07) is 14.6. The average Bonchev–Trinajstić information content (AvgIpc) is 3.24. The summed E-state index contributed by atoms with van der Waals surface area (Å²) in [5.41, 5.74) is 3.92. The Morgan fingerprint density at radius 2 is 1.72 bits per heavy atom. The number of ether oxygens (including phenoxy) is 1. The fourth-order valence-electron chi connectivity index (χ4n) is 4.15. The van der Waals surface area contributed by atoms with Crippen molar-refractivity contribution in [2.75, 3.05) is 5.32 Å². The van der Waals surface area contributed by atoms with E-state index in [4.69, 9.17) is 4.74 Å². The summed E-state index contributed by atoms with van der Waals surface area (Å²) in [6.45, 7) is 7.60. The van der Waals surface area contributed by atoms with Crippen LogP contribution >= 0.6 is 11.3 Å². The van der Waals surface area contributed by atoms with E-state index < -0.39 is 12.0 Å². The first-order chi connectivity index (χ1) is 17.3. The molecule has 0 spiro atoms. The van der Waals surface area contributed by atoms with E-state index in [1.807, 2.05) is 62.4 Å². The third kappa shape index (κ3) is 4.95. The number of amides is 1. The van der Waals surface area contributed by atoms with Crippen molar-refractivity contribution in [3.63, 3.8) is 0 Å². The second kappa shape index (κ2) is 10.9. The largest absolute Gasteiger partial charge is 0.457 e. The standard InChI is InChI=1S/C28H29N3O4S/c1-5-20-13-10-14-21(6-2)23(20)30-25(32)18(4)31-16-29-26-22(27(31)33)17(3)24(36-26)28(34)35-15-19-11-8-7-9-12-19/h7-14,16,18H,5-6,15H2,1-4H3,(H,30,32). The van der Waals surface area contributed by atoms with Crippen LogP contribution in [0.1, 0.15) is 58.7 Å². The van der Waals surface area contributed by atoms with Crippen LogP contribution in [-0.2, 0) is 29.0 Å². The maximum absolute atomic E-state index is 13.4. The quantitative estimate of drug-likeness (QED) is 0.323. The van der Waals surface area contributed by atoms with E-state index in [2.05, 4.69) is 10.3 Å². The number of carbonyl (C=O) groups excluding carboxylic acids is 2. The predicted molar refractivity (Wildman–Crippen MR) is 143 cm³/mol. The average molecular weight is 504 g/mol. The van der Waals surface area contributed by atoms with Gasteiger partial charge in [-0.3, -0.25) is 14.2 Å². The van der Waals surface area contributed by atoms with Crippen LogP contribution in [-0.4, -0.2) is 21.4 Å². The molecule has 1 N–H and O–H groups in total. The summed E-state index contributed by atoms with van der Waals surface area (Å²) in [5.74, 6) is -0.802. The number of esters is 1. The highest BCUT2D eigenvalue weighted by molar-refractivity contribution is 7.20. The van der Waals surface area contributed by atoms with Crippen molar-refractivity contribution in [2.45, 2.75) is 53.2 Å². The lowest BCUT2D eigenvalue weighted by Crippen LogP contribution is -2.32. The molecule has 0 aliphatic rings. The number of anilines is 1. The van der Waals surface area contributed by atoms with E-state index in [0.29, 0.717) is 20.7 Å². The molecule has 0 saturated carbocycles. The third-order valence-electron chi connectivity index (χ3n) is 6.32. The Bertz CT molecular complexity index is 1450. The van der Waals surface area contributed by atoms with E-state index in [-0.39, 0.29) is 18.1 Å². The minimum Gasteiger partial charge on any atom is -0.457 e. The highest BCUT2D eigenvalue weighted by Crippen LogP contribution is 2.29.